The highest BCUT2D eigenvalue weighted by molar-refractivity contribution is 9.10. The van der Waals surface area contributed by atoms with Gasteiger partial charge < -0.3 is 10.0 Å². The number of carbonyl (C=O) groups is 2. The van der Waals surface area contributed by atoms with E-state index in [0.29, 0.717) is 37.9 Å². The Morgan fingerprint density at radius 2 is 1.95 bits per heavy atom. The van der Waals surface area contributed by atoms with Crippen molar-refractivity contribution >= 4 is 27.8 Å². The van der Waals surface area contributed by atoms with Crippen LogP contribution in [0.15, 0.2) is 22.7 Å². The number of benzene rings is 1. The summed E-state index contributed by atoms with van der Waals surface area (Å²) in [5.74, 6) is -0.769. The molecule has 1 aliphatic rings. The molecule has 1 aromatic carbocycles. The van der Waals surface area contributed by atoms with Gasteiger partial charge in [0.2, 0.25) is 0 Å². The Morgan fingerprint density at radius 1 is 1.33 bits per heavy atom. The smallest absolute Gasteiger partial charge is 0.309 e. The van der Waals surface area contributed by atoms with Crippen LogP contribution in [0.3, 0.4) is 0 Å². The van der Waals surface area contributed by atoms with Crippen molar-refractivity contribution in [3.05, 3.63) is 33.8 Å². The number of aliphatic carboxylic acids is 1. The zero-order chi connectivity index (χ0) is 15.6. The molecule has 0 radical (unpaired) electrons. The van der Waals surface area contributed by atoms with E-state index in [1.165, 1.54) is 0 Å². The van der Waals surface area contributed by atoms with E-state index in [2.05, 4.69) is 15.9 Å². The number of piperidine rings is 1. The van der Waals surface area contributed by atoms with Crippen molar-refractivity contribution in [2.75, 3.05) is 13.1 Å². The summed E-state index contributed by atoms with van der Waals surface area (Å²) in [7, 11) is 0. The van der Waals surface area contributed by atoms with Crippen LogP contribution in [0.2, 0.25) is 0 Å². The summed E-state index contributed by atoms with van der Waals surface area (Å²) in [4.78, 5) is 25.8. The van der Waals surface area contributed by atoms with Gasteiger partial charge >= 0.3 is 5.97 Å². The Balaban J connectivity index is 2.14. The molecular formula is C16H20BrNO3. The van der Waals surface area contributed by atoms with E-state index >= 15 is 0 Å². The molecule has 0 spiro atoms. The van der Waals surface area contributed by atoms with E-state index in [1.54, 1.807) is 11.0 Å². The number of aryl methyl sites for hydroxylation is 1. The maximum atomic E-state index is 12.6. The lowest BCUT2D eigenvalue weighted by atomic mass is 9.76. The molecule has 0 saturated carbocycles. The molecule has 1 aliphatic heterocycles. The van der Waals surface area contributed by atoms with Crippen LogP contribution in [0.1, 0.15) is 42.1 Å². The number of nitrogens with zero attached hydrogens (tertiary/aromatic N) is 1. The van der Waals surface area contributed by atoms with Crippen molar-refractivity contribution in [2.45, 2.75) is 33.1 Å². The fourth-order valence-electron chi connectivity index (χ4n) is 2.84. The van der Waals surface area contributed by atoms with Crippen LogP contribution in [-0.4, -0.2) is 35.0 Å². The first-order chi connectivity index (χ1) is 9.91. The van der Waals surface area contributed by atoms with Gasteiger partial charge in [-0.25, -0.2) is 0 Å². The maximum Gasteiger partial charge on any atom is 0.309 e. The molecule has 0 aliphatic carbocycles. The molecule has 2 rings (SSSR count). The van der Waals surface area contributed by atoms with Gasteiger partial charge in [-0.3, -0.25) is 9.59 Å². The lowest BCUT2D eigenvalue weighted by Gasteiger charge is -2.38. The number of hydrogen-bond acceptors (Lipinski definition) is 2. The highest BCUT2D eigenvalue weighted by Gasteiger charge is 2.41. The van der Waals surface area contributed by atoms with Crippen molar-refractivity contribution in [3.8, 4) is 0 Å². The number of halogens is 1. The predicted molar refractivity (Wildman–Crippen MR) is 84.4 cm³/mol. The molecule has 21 heavy (non-hydrogen) atoms. The fourth-order valence-corrected chi connectivity index (χ4v) is 3.27. The number of likely N-dealkylation sites (tertiary alicyclic amines) is 1. The predicted octanol–water partition coefficient (Wildman–Crippen LogP) is 3.47. The lowest BCUT2D eigenvalue weighted by molar-refractivity contribution is -0.152. The molecule has 0 unspecified atom stereocenters. The van der Waals surface area contributed by atoms with Crippen LogP contribution in [0.5, 0.6) is 0 Å². The number of carboxylic acids is 1. The second-order valence-corrected chi connectivity index (χ2v) is 6.46. The van der Waals surface area contributed by atoms with Gasteiger partial charge in [0, 0.05) is 17.6 Å². The summed E-state index contributed by atoms with van der Waals surface area (Å²) >= 11 is 3.47. The Bertz CT molecular complexity index is 563. The first kappa shape index (κ1) is 16.0. The molecule has 1 N–H and O–H groups in total. The van der Waals surface area contributed by atoms with Crippen LogP contribution >= 0.6 is 15.9 Å². The van der Waals surface area contributed by atoms with Gasteiger partial charge in [-0.2, -0.15) is 0 Å². The third-order valence-electron chi connectivity index (χ3n) is 4.56. The number of carboxylic acid groups (broad SMARTS) is 1. The molecule has 1 saturated heterocycles. The Hall–Kier alpha value is -1.36. The topological polar surface area (TPSA) is 57.6 Å². The van der Waals surface area contributed by atoms with Crippen molar-refractivity contribution in [2.24, 2.45) is 5.41 Å². The summed E-state index contributed by atoms with van der Waals surface area (Å²) in [6.45, 7) is 4.85. The summed E-state index contributed by atoms with van der Waals surface area (Å²) < 4.78 is 0.820. The molecule has 0 atom stereocenters. The van der Waals surface area contributed by atoms with Crippen molar-refractivity contribution < 1.29 is 14.7 Å². The lowest BCUT2D eigenvalue weighted by Crippen LogP contribution is -2.46. The first-order valence-corrected chi connectivity index (χ1v) is 7.98. The standard InChI is InChI=1S/C16H20BrNO3/c1-3-16(15(20)21)7-9-18(10-8-16)14(19)12-6-4-5-11(2)13(12)17/h4-6H,3,7-10H2,1-2H3,(H,20,21). The average Bonchev–Trinajstić information content (AvgIpc) is 2.49. The van der Waals surface area contributed by atoms with Crippen LogP contribution in [0, 0.1) is 12.3 Å². The maximum absolute atomic E-state index is 12.6. The minimum absolute atomic E-state index is 0.0272. The van der Waals surface area contributed by atoms with Gasteiger partial charge in [0.1, 0.15) is 0 Å². The van der Waals surface area contributed by atoms with E-state index < -0.39 is 11.4 Å². The second-order valence-electron chi connectivity index (χ2n) is 5.67. The van der Waals surface area contributed by atoms with E-state index in [-0.39, 0.29) is 5.91 Å². The van der Waals surface area contributed by atoms with Gasteiger partial charge in [0.05, 0.1) is 11.0 Å². The van der Waals surface area contributed by atoms with Crippen molar-refractivity contribution in [1.29, 1.82) is 0 Å². The molecule has 114 valence electrons. The number of carbonyl (C=O) groups excluding carboxylic acids is 1. The molecule has 1 fully saturated rings. The molecule has 5 heteroatoms. The minimum atomic E-state index is -0.742. The third-order valence-corrected chi connectivity index (χ3v) is 5.61. The number of amides is 1. The van der Waals surface area contributed by atoms with Crippen molar-refractivity contribution in [3.63, 3.8) is 0 Å². The summed E-state index contributed by atoms with van der Waals surface area (Å²) in [6.07, 6.45) is 1.65. The van der Waals surface area contributed by atoms with Crippen LogP contribution in [0.4, 0.5) is 0 Å². The largest absolute Gasteiger partial charge is 0.481 e. The third kappa shape index (κ3) is 2.98. The van der Waals surface area contributed by atoms with E-state index in [0.717, 1.165) is 10.0 Å². The van der Waals surface area contributed by atoms with Crippen molar-refractivity contribution in [1.82, 2.24) is 4.90 Å². The van der Waals surface area contributed by atoms with E-state index in [4.69, 9.17) is 0 Å². The monoisotopic (exact) mass is 353 g/mol. The van der Waals surface area contributed by atoms with Gasteiger partial charge in [0.15, 0.2) is 0 Å². The van der Waals surface area contributed by atoms with E-state index in [9.17, 15) is 14.7 Å². The highest BCUT2D eigenvalue weighted by Crippen LogP contribution is 2.36. The molecule has 4 nitrogen and oxygen atoms in total. The normalized spacial score (nSPS) is 17.6. The van der Waals surface area contributed by atoms with Gasteiger partial charge in [-0.15, -0.1) is 0 Å². The molecule has 1 heterocycles. The molecule has 1 amide bonds. The molecular weight excluding hydrogens is 334 g/mol. The Morgan fingerprint density at radius 3 is 2.48 bits per heavy atom. The Labute approximate surface area is 133 Å². The van der Waals surface area contributed by atoms with Gasteiger partial charge in [-0.05, 0) is 53.7 Å². The van der Waals surface area contributed by atoms with E-state index in [1.807, 2.05) is 26.0 Å². The summed E-state index contributed by atoms with van der Waals surface area (Å²) in [5.41, 5.74) is 1.00. The zero-order valence-corrected chi connectivity index (χ0v) is 13.9. The second kappa shape index (κ2) is 6.18. The quantitative estimate of drug-likeness (QED) is 0.904. The van der Waals surface area contributed by atoms with Crippen LogP contribution in [0.25, 0.3) is 0 Å². The van der Waals surface area contributed by atoms with Gasteiger partial charge in [0.25, 0.3) is 5.91 Å². The first-order valence-electron chi connectivity index (χ1n) is 7.19. The molecule has 0 bridgehead atoms. The number of hydrogen-bond donors (Lipinski definition) is 1. The van der Waals surface area contributed by atoms with Gasteiger partial charge in [-0.1, -0.05) is 19.1 Å². The number of rotatable bonds is 3. The minimum Gasteiger partial charge on any atom is -0.481 e. The zero-order valence-electron chi connectivity index (χ0n) is 12.4. The summed E-state index contributed by atoms with van der Waals surface area (Å²) in [5, 5.41) is 9.40. The molecule has 1 aromatic rings. The highest BCUT2D eigenvalue weighted by atomic mass is 79.9. The SMILES string of the molecule is CCC1(C(=O)O)CCN(C(=O)c2cccc(C)c2Br)CC1. The summed E-state index contributed by atoms with van der Waals surface area (Å²) in [6, 6.07) is 5.62. The average molecular weight is 354 g/mol. The fraction of sp³-hybridized carbons (Fsp3) is 0.500. The van der Waals surface area contributed by atoms with Crippen LogP contribution in [-0.2, 0) is 4.79 Å². The molecule has 0 aromatic heterocycles. The van der Waals surface area contributed by atoms with Crippen LogP contribution < -0.4 is 0 Å². The Kier molecular flexibility index (Phi) is 4.71.